The molecule has 3 aliphatic carbocycles. The van der Waals surface area contributed by atoms with Crippen molar-refractivity contribution in [2.45, 2.75) is 19.3 Å². The van der Waals surface area contributed by atoms with Gasteiger partial charge < -0.3 is 4.79 Å². The molecule has 0 radical (unpaired) electrons. The van der Waals surface area contributed by atoms with Gasteiger partial charge >= 0.3 is 0 Å². The van der Waals surface area contributed by atoms with E-state index in [1.165, 1.54) is 25.5 Å². The number of aldehydes is 1. The summed E-state index contributed by atoms with van der Waals surface area (Å²) in [6, 6.07) is 0. The van der Waals surface area contributed by atoms with E-state index in [4.69, 9.17) is 0 Å². The lowest BCUT2D eigenvalue weighted by Gasteiger charge is -2.27. The van der Waals surface area contributed by atoms with Gasteiger partial charge in [-0.2, -0.15) is 0 Å². The number of hydrogen-bond donors (Lipinski definition) is 0. The van der Waals surface area contributed by atoms with Crippen LogP contribution >= 0.6 is 0 Å². The molecule has 2 saturated carbocycles. The third-order valence-electron chi connectivity index (χ3n) is 4.23. The van der Waals surface area contributed by atoms with Crippen LogP contribution in [0, 0.1) is 29.6 Å². The number of carbonyl (C=O) groups excluding carboxylic acids is 1. The Morgan fingerprint density at radius 2 is 2.17 bits per heavy atom. The van der Waals surface area contributed by atoms with Crippen molar-refractivity contribution in [3.8, 4) is 0 Å². The number of carbonyl (C=O) groups is 1. The zero-order valence-electron chi connectivity index (χ0n) is 7.15. The van der Waals surface area contributed by atoms with Gasteiger partial charge in [0.05, 0.1) is 0 Å². The van der Waals surface area contributed by atoms with Crippen LogP contribution in [0.5, 0.6) is 0 Å². The minimum Gasteiger partial charge on any atom is -0.303 e. The summed E-state index contributed by atoms with van der Waals surface area (Å²) in [5.74, 6) is 3.71. The summed E-state index contributed by atoms with van der Waals surface area (Å²) >= 11 is 0. The van der Waals surface area contributed by atoms with Crippen LogP contribution in [-0.4, -0.2) is 6.29 Å². The first kappa shape index (κ1) is 6.88. The van der Waals surface area contributed by atoms with Gasteiger partial charge in [-0.05, 0) is 42.9 Å². The first-order valence-electron chi connectivity index (χ1n) is 5.02. The number of allylic oxidation sites excluding steroid dienone is 2. The van der Waals surface area contributed by atoms with Crippen LogP contribution in [0.25, 0.3) is 0 Å². The van der Waals surface area contributed by atoms with E-state index in [1.54, 1.807) is 0 Å². The lowest BCUT2D eigenvalue weighted by Crippen LogP contribution is -2.25. The zero-order valence-corrected chi connectivity index (χ0v) is 7.15. The van der Waals surface area contributed by atoms with Gasteiger partial charge in [-0.15, -0.1) is 0 Å². The quantitative estimate of drug-likeness (QED) is 0.426. The van der Waals surface area contributed by atoms with E-state index in [1.807, 2.05) is 0 Å². The third kappa shape index (κ3) is 0.675. The Morgan fingerprint density at radius 3 is 3.00 bits per heavy atom. The summed E-state index contributed by atoms with van der Waals surface area (Å²) in [6.07, 6.45) is 9.69. The van der Waals surface area contributed by atoms with Gasteiger partial charge in [0, 0.05) is 5.92 Å². The summed E-state index contributed by atoms with van der Waals surface area (Å²) in [6.45, 7) is 0. The van der Waals surface area contributed by atoms with Crippen LogP contribution in [0.4, 0.5) is 0 Å². The molecule has 0 aliphatic heterocycles. The summed E-state index contributed by atoms with van der Waals surface area (Å²) in [5.41, 5.74) is 0. The molecule has 1 nitrogen and oxygen atoms in total. The van der Waals surface area contributed by atoms with Crippen molar-refractivity contribution < 1.29 is 4.79 Å². The minimum absolute atomic E-state index is 0.413. The highest BCUT2D eigenvalue weighted by Gasteiger charge is 2.52. The van der Waals surface area contributed by atoms with E-state index in [0.29, 0.717) is 5.92 Å². The van der Waals surface area contributed by atoms with E-state index >= 15 is 0 Å². The van der Waals surface area contributed by atoms with E-state index < -0.39 is 0 Å². The van der Waals surface area contributed by atoms with Crippen molar-refractivity contribution in [1.29, 1.82) is 0 Å². The highest BCUT2D eigenvalue weighted by atomic mass is 16.1. The second-order valence-corrected chi connectivity index (χ2v) is 4.60. The molecule has 3 rings (SSSR count). The molecule has 0 heterocycles. The molecule has 1 heteroatoms. The first-order chi connectivity index (χ1) is 5.90. The number of rotatable bonds is 1. The molecule has 0 aromatic carbocycles. The van der Waals surface area contributed by atoms with Gasteiger partial charge in [0.25, 0.3) is 0 Å². The summed E-state index contributed by atoms with van der Waals surface area (Å²) in [4.78, 5) is 10.8. The maximum atomic E-state index is 10.8. The molecule has 12 heavy (non-hydrogen) atoms. The Hall–Kier alpha value is -0.590. The van der Waals surface area contributed by atoms with Crippen molar-refractivity contribution in [2.75, 3.05) is 0 Å². The van der Waals surface area contributed by atoms with Gasteiger partial charge in [0.15, 0.2) is 0 Å². The molecule has 0 N–H and O–H groups in total. The summed E-state index contributed by atoms with van der Waals surface area (Å²) in [5, 5.41) is 0. The molecule has 0 spiro atoms. The average Bonchev–Trinajstić information content (AvgIpc) is 2.75. The predicted octanol–water partition coefficient (Wildman–Crippen LogP) is 2.03. The van der Waals surface area contributed by atoms with Crippen molar-refractivity contribution in [3.63, 3.8) is 0 Å². The lowest BCUT2D eigenvalue weighted by molar-refractivity contribution is -0.113. The largest absolute Gasteiger partial charge is 0.303 e. The van der Waals surface area contributed by atoms with E-state index in [2.05, 4.69) is 12.2 Å². The highest BCUT2D eigenvalue weighted by molar-refractivity contribution is 5.55. The fourth-order valence-corrected chi connectivity index (χ4v) is 3.77. The molecule has 0 aromatic heterocycles. The molecule has 2 fully saturated rings. The monoisotopic (exact) mass is 162 g/mol. The Labute approximate surface area is 72.8 Å². The van der Waals surface area contributed by atoms with Crippen LogP contribution in [0.1, 0.15) is 19.3 Å². The normalized spacial score (nSPS) is 54.5. The molecular formula is C11H14O. The zero-order chi connectivity index (χ0) is 8.13. The first-order valence-corrected chi connectivity index (χ1v) is 5.02. The molecule has 0 amide bonds. The minimum atomic E-state index is 0.413. The van der Waals surface area contributed by atoms with Gasteiger partial charge in [-0.1, -0.05) is 12.2 Å². The summed E-state index contributed by atoms with van der Waals surface area (Å²) < 4.78 is 0. The molecule has 3 aliphatic rings. The van der Waals surface area contributed by atoms with Gasteiger partial charge in [-0.3, -0.25) is 0 Å². The van der Waals surface area contributed by atoms with Crippen molar-refractivity contribution in [1.82, 2.24) is 0 Å². The van der Waals surface area contributed by atoms with Crippen molar-refractivity contribution in [3.05, 3.63) is 12.2 Å². The maximum Gasteiger partial charge on any atom is 0.123 e. The fraction of sp³-hybridized carbons (Fsp3) is 0.727. The smallest absolute Gasteiger partial charge is 0.123 e. The average molecular weight is 162 g/mol. The molecular weight excluding hydrogens is 148 g/mol. The van der Waals surface area contributed by atoms with Crippen molar-refractivity contribution >= 4 is 6.29 Å². The molecule has 0 saturated heterocycles. The van der Waals surface area contributed by atoms with Crippen LogP contribution in [0.2, 0.25) is 0 Å². The Morgan fingerprint density at radius 1 is 1.25 bits per heavy atom. The number of hydrogen-bond acceptors (Lipinski definition) is 1. The van der Waals surface area contributed by atoms with Gasteiger partial charge in [0.2, 0.25) is 0 Å². The lowest BCUT2D eigenvalue weighted by atomic mass is 9.76. The van der Waals surface area contributed by atoms with Crippen LogP contribution in [0.3, 0.4) is 0 Å². The van der Waals surface area contributed by atoms with Crippen LogP contribution in [0.15, 0.2) is 12.2 Å². The van der Waals surface area contributed by atoms with E-state index in [-0.39, 0.29) is 0 Å². The second-order valence-electron chi connectivity index (χ2n) is 4.60. The highest BCUT2D eigenvalue weighted by Crippen LogP contribution is 2.58. The second kappa shape index (κ2) is 2.21. The Balaban J connectivity index is 1.90. The molecule has 0 aromatic rings. The topological polar surface area (TPSA) is 17.1 Å². The SMILES string of the molecule is O=CC1CC2CC1C1CC=CC21. The Kier molecular flexibility index (Phi) is 1.27. The van der Waals surface area contributed by atoms with E-state index in [9.17, 15) is 4.79 Å². The van der Waals surface area contributed by atoms with Gasteiger partial charge in [0.1, 0.15) is 6.29 Å². The molecule has 64 valence electrons. The standard InChI is InChI=1S/C11H14O/c12-6-8-4-7-5-11(8)10-3-1-2-9(7)10/h1-2,6-11H,3-5H2. The van der Waals surface area contributed by atoms with Crippen molar-refractivity contribution in [2.24, 2.45) is 29.6 Å². The van der Waals surface area contributed by atoms with Crippen LogP contribution < -0.4 is 0 Å². The number of fused-ring (bicyclic) bond motifs is 5. The molecule has 5 atom stereocenters. The van der Waals surface area contributed by atoms with Crippen LogP contribution in [-0.2, 0) is 4.79 Å². The summed E-state index contributed by atoms with van der Waals surface area (Å²) in [7, 11) is 0. The Bertz CT molecular complexity index is 243. The third-order valence-corrected chi connectivity index (χ3v) is 4.23. The van der Waals surface area contributed by atoms with E-state index in [0.717, 1.165) is 23.7 Å². The molecule has 5 unspecified atom stereocenters. The predicted molar refractivity (Wildman–Crippen MR) is 46.5 cm³/mol. The maximum absolute atomic E-state index is 10.8. The van der Waals surface area contributed by atoms with Gasteiger partial charge in [-0.25, -0.2) is 0 Å². The fourth-order valence-electron chi connectivity index (χ4n) is 3.77. The molecule has 2 bridgehead atoms.